The van der Waals surface area contributed by atoms with Crippen LogP contribution in [0, 0.1) is 11.7 Å². The van der Waals surface area contributed by atoms with E-state index in [-0.39, 0.29) is 53.3 Å². The van der Waals surface area contributed by atoms with E-state index in [0.717, 1.165) is 31.6 Å². The van der Waals surface area contributed by atoms with Gasteiger partial charge in [-0.25, -0.2) is 17.8 Å². The van der Waals surface area contributed by atoms with Crippen LogP contribution in [0.3, 0.4) is 0 Å². The molecule has 0 radical (unpaired) electrons. The largest absolute Gasteiger partial charge is 0.381 e. The Balaban J connectivity index is 0.00000261. The van der Waals surface area contributed by atoms with Crippen LogP contribution in [0.15, 0.2) is 29.3 Å². The van der Waals surface area contributed by atoms with Gasteiger partial charge in [0.1, 0.15) is 5.82 Å². The molecule has 0 spiro atoms. The van der Waals surface area contributed by atoms with Gasteiger partial charge in [-0.1, -0.05) is 12.1 Å². The highest BCUT2D eigenvalue weighted by atomic mass is 127. The van der Waals surface area contributed by atoms with E-state index in [1.54, 1.807) is 12.1 Å². The number of ether oxygens (including phenoxy) is 1. The maximum absolute atomic E-state index is 13.0. The molecular formula is C18H27FIN3O3S. The molecule has 1 aromatic carbocycles. The van der Waals surface area contributed by atoms with Crippen LogP contribution in [0.1, 0.15) is 24.8 Å². The first-order valence-corrected chi connectivity index (χ1v) is 10.9. The van der Waals surface area contributed by atoms with Gasteiger partial charge >= 0.3 is 0 Å². The molecule has 6 nitrogen and oxygen atoms in total. The van der Waals surface area contributed by atoms with Gasteiger partial charge in [-0.3, -0.25) is 0 Å². The molecule has 9 heteroatoms. The van der Waals surface area contributed by atoms with Crippen molar-refractivity contribution in [1.29, 1.82) is 0 Å². The van der Waals surface area contributed by atoms with Gasteiger partial charge in [0.25, 0.3) is 0 Å². The number of aliphatic imine (C=N–C) groups is 1. The van der Waals surface area contributed by atoms with E-state index in [9.17, 15) is 12.8 Å². The first kappa shape index (κ1) is 22.4. The van der Waals surface area contributed by atoms with Crippen LogP contribution >= 0.6 is 24.0 Å². The van der Waals surface area contributed by atoms with Gasteiger partial charge in [0, 0.05) is 25.8 Å². The predicted octanol–water partition coefficient (Wildman–Crippen LogP) is 2.09. The van der Waals surface area contributed by atoms with Crippen molar-refractivity contribution in [3.8, 4) is 0 Å². The molecule has 2 saturated heterocycles. The Bertz CT molecular complexity index is 722. The molecule has 1 unspecified atom stereocenters. The number of rotatable bonds is 5. The van der Waals surface area contributed by atoms with Crippen LogP contribution in [-0.4, -0.2) is 51.7 Å². The smallest absolute Gasteiger partial charge is 0.191 e. The molecule has 2 aliphatic rings. The molecule has 2 aliphatic heterocycles. The Kier molecular flexibility index (Phi) is 8.74. The minimum atomic E-state index is -2.88. The molecule has 0 aliphatic carbocycles. The van der Waals surface area contributed by atoms with Crippen molar-refractivity contribution in [3.05, 3.63) is 35.6 Å². The second kappa shape index (κ2) is 10.6. The number of hydrogen-bond acceptors (Lipinski definition) is 4. The highest BCUT2D eigenvalue weighted by molar-refractivity contribution is 14.0. The number of sulfone groups is 1. The van der Waals surface area contributed by atoms with Gasteiger partial charge in [-0.05, 0) is 42.9 Å². The molecule has 0 saturated carbocycles. The van der Waals surface area contributed by atoms with E-state index in [1.165, 1.54) is 12.1 Å². The molecular weight excluding hydrogens is 484 g/mol. The zero-order valence-electron chi connectivity index (χ0n) is 15.2. The summed E-state index contributed by atoms with van der Waals surface area (Å²) in [7, 11) is -2.88. The number of hydrogen-bond donors (Lipinski definition) is 2. The summed E-state index contributed by atoms with van der Waals surface area (Å²) in [4.78, 5) is 4.60. The van der Waals surface area contributed by atoms with Crippen molar-refractivity contribution in [1.82, 2.24) is 10.6 Å². The van der Waals surface area contributed by atoms with Gasteiger partial charge in [-0.15, -0.1) is 24.0 Å². The first-order chi connectivity index (χ1) is 12.5. The maximum atomic E-state index is 13.0. The highest BCUT2D eigenvalue weighted by Crippen LogP contribution is 2.17. The fourth-order valence-corrected chi connectivity index (χ4v) is 5.08. The van der Waals surface area contributed by atoms with Crippen molar-refractivity contribution < 1.29 is 17.5 Å². The lowest BCUT2D eigenvalue weighted by molar-refractivity contribution is 0.0822. The van der Waals surface area contributed by atoms with E-state index in [0.29, 0.717) is 25.5 Å². The van der Waals surface area contributed by atoms with Crippen LogP contribution in [0.25, 0.3) is 0 Å². The van der Waals surface area contributed by atoms with Gasteiger partial charge in [0.15, 0.2) is 15.8 Å². The van der Waals surface area contributed by atoms with Gasteiger partial charge < -0.3 is 15.4 Å². The van der Waals surface area contributed by atoms with E-state index in [1.807, 2.05) is 0 Å². The molecule has 3 rings (SSSR count). The topological polar surface area (TPSA) is 79.8 Å². The average Bonchev–Trinajstić information content (AvgIpc) is 2.98. The lowest BCUT2D eigenvalue weighted by Gasteiger charge is -2.25. The van der Waals surface area contributed by atoms with Crippen molar-refractivity contribution in [2.75, 3.05) is 31.3 Å². The fraction of sp³-hybridized carbons (Fsp3) is 0.611. The van der Waals surface area contributed by atoms with E-state index in [2.05, 4.69) is 15.6 Å². The SMILES string of the molecule is I.O=S1(=O)CCC(CNC(=NCc2ccc(F)cc2)NC2CCOCC2)C1. The zero-order chi connectivity index (χ0) is 18.4. The van der Waals surface area contributed by atoms with Crippen molar-refractivity contribution in [2.24, 2.45) is 10.9 Å². The summed E-state index contributed by atoms with van der Waals surface area (Å²) < 4.78 is 41.7. The molecule has 0 bridgehead atoms. The summed E-state index contributed by atoms with van der Waals surface area (Å²) in [6, 6.07) is 6.57. The van der Waals surface area contributed by atoms with Gasteiger partial charge in [0.05, 0.1) is 18.1 Å². The Hall–Kier alpha value is -0.940. The Morgan fingerprint density at radius 1 is 1.19 bits per heavy atom. The molecule has 0 amide bonds. The van der Waals surface area contributed by atoms with Crippen molar-refractivity contribution in [3.63, 3.8) is 0 Å². The highest BCUT2D eigenvalue weighted by Gasteiger charge is 2.28. The number of guanidine groups is 1. The Morgan fingerprint density at radius 3 is 2.52 bits per heavy atom. The molecule has 2 fully saturated rings. The molecule has 2 heterocycles. The number of benzene rings is 1. The number of nitrogens with one attached hydrogen (secondary N) is 2. The van der Waals surface area contributed by atoms with E-state index in [4.69, 9.17) is 4.74 Å². The summed E-state index contributed by atoms with van der Waals surface area (Å²) in [5, 5.41) is 6.71. The van der Waals surface area contributed by atoms with Crippen LogP contribution in [-0.2, 0) is 21.1 Å². The average molecular weight is 511 g/mol. The summed E-state index contributed by atoms with van der Waals surface area (Å²) in [6.45, 7) is 2.47. The third kappa shape index (κ3) is 7.53. The molecule has 27 heavy (non-hydrogen) atoms. The van der Waals surface area contributed by atoms with E-state index >= 15 is 0 Å². The normalized spacial score (nSPS) is 22.9. The second-order valence-corrected chi connectivity index (χ2v) is 9.20. The predicted molar refractivity (Wildman–Crippen MR) is 115 cm³/mol. The van der Waals surface area contributed by atoms with Crippen LogP contribution in [0.4, 0.5) is 4.39 Å². The lowest BCUT2D eigenvalue weighted by atomic mass is 10.1. The zero-order valence-corrected chi connectivity index (χ0v) is 18.3. The minimum absolute atomic E-state index is 0. The summed E-state index contributed by atoms with van der Waals surface area (Å²) in [5.74, 6) is 1.04. The molecule has 152 valence electrons. The lowest BCUT2D eigenvalue weighted by Crippen LogP contribution is -2.47. The second-order valence-electron chi connectivity index (χ2n) is 6.97. The molecule has 0 aromatic heterocycles. The van der Waals surface area contributed by atoms with Crippen molar-refractivity contribution in [2.45, 2.75) is 31.8 Å². The first-order valence-electron chi connectivity index (χ1n) is 9.08. The van der Waals surface area contributed by atoms with Crippen LogP contribution in [0.5, 0.6) is 0 Å². The summed E-state index contributed by atoms with van der Waals surface area (Å²) >= 11 is 0. The van der Waals surface area contributed by atoms with Crippen molar-refractivity contribution >= 4 is 39.8 Å². The van der Waals surface area contributed by atoms with E-state index < -0.39 is 9.84 Å². The van der Waals surface area contributed by atoms with Crippen LogP contribution in [0.2, 0.25) is 0 Å². The van der Waals surface area contributed by atoms with Crippen LogP contribution < -0.4 is 10.6 Å². The summed E-state index contributed by atoms with van der Waals surface area (Å²) in [5.41, 5.74) is 0.919. The summed E-state index contributed by atoms with van der Waals surface area (Å²) in [6.07, 6.45) is 2.52. The Labute approximate surface area is 177 Å². The molecule has 1 aromatic rings. The minimum Gasteiger partial charge on any atom is -0.381 e. The quantitative estimate of drug-likeness (QED) is 0.360. The third-order valence-corrected chi connectivity index (χ3v) is 6.62. The maximum Gasteiger partial charge on any atom is 0.191 e. The Morgan fingerprint density at radius 2 is 1.89 bits per heavy atom. The standard InChI is InChI=1S/C18H26FN3O3S.HI/c19-16-3-1-14(2-4-16)11-20-18(22-17-5-8-25-9-6-17)21-12-15-7-10-26(23,24)13-15;/h1-4,15,17H,5-13H2,(H2,20,21,22);1H. The number of nitrogens with zero attached hydrogens (tertiary/aromatic N) is 1. The fourth-order valence-electron chi connectivity index (χ4n) is 3.22. The van der Waals surface area contributed by atoms with Gasteiger partial charge in [0.2, 0.25) is 0 Å². The number of halogens is 2. The van der Waals surface area contributed by atoms with Gasteiger partial charge in [-0.2, -0.15) is 0 Å². The third-order valence-electron chi connectivity index (χ3n) is 4.78. The molecule has 2 N–H and O–H groups in total. The molecule has 1 atom stereocenters. The monoisotopic (exact) mass is 511 g/mol.